The second-order valence-corrected chi connectivity index (χ2v) is 5.93. The van der Waals surface area contributed by atoms with Crippen LogP contribution in [0.5, 0.6) is 5.75 Å². The average Bonchev–Trinajstić information content (AvgIpc) is 2.93. The molecule has 1 aliphatic rings. The Morgan fingerprint density at radius 3 is 2.36 bits per heavy atom. The van der Waals surface area contributed by atoms with Crippen LogP contribution in [0.2, 0.25) is 0 Å². The second kappa shape index (κ2) is 6.84. The fraction of sp³-hybridized carbons (Fsp3) is 0.353. The standard InChI is InChI=1S/C17H20N4O4/c1-11-15(12(2)25-19-11)18-17(24)21-9-7-20(8-10-21)16(23)13-5-3-4-6-14(13)22/h3-6,22H,7-10H2,1-2H3,(H,18,24). The summed E-state index contributed by atoms with van der Waals surface area (Å²) in [6.07, 6.45) is 0. The number of phenols is 1. The minimum atomic E-state index is -0.246. The van der Waals surface area contributed by atoms with Gasteiger partial charge in [0.05, 0.1) is 5.56 Å². The Balaban J connectivity index is 1.59. The predicted octanol–water partition coefficient (Wildman–Crippen LogP) is 1.99. The molecule has 0 unspecified atom stereocenters. The predicted molar refractivity (Wildman–Crippen MR) is 90.6 cm³/mol. The minimum Gasteiger partial charge on any atom is -0.507 e. The van der Waals surface area contributed by atoms with Gasteiger partial charge in [-0.3, -0.25) is 4.79 Å². The number of urea groups is 1. The van der Waals surface area contributed by atoms with Crippen molar-refractivity contribution in [2.24, 2.45) is 0 Å². The lowest BCUT2D eigenvalue weighted by atomic mass is 10.1. The van der Waals surface area contributed by atoms with Crippen LogP contribution in [-0.2, 0) is 0 Å². The molecule has 2 N–H and O–H groups in total. The Morgan fingerprint density at radius 1 is 1.12 bits per heavy atom. The van der Waals surface area contributed by atoms with Crippen LogP contribution in [0.3, 0.4) is 0 Å². The molecule has 8 nitrogen and oxygen atoms in total. The van der Waals surface area contributed by atoms with Crippen LogP contribution in [0.4, 0.5) is 10.5 Å². The van der Waals surface area contributed by atoms with E-state index in [1.54, 1.807) is 41.8 Å². The number of hydrogen-bond donors (Lipinski definition) is 2. The van der Waals surface area contributed by atoms with E-state index < -0.39 is 0 Å². The summed E-state index contributed by atoms with van der Waals surface area (Å²) < 4.78 is 5.03. The molecule has 1 saturated heterocycles. The number of carbonyl (C=O) groups is 2. The highest BCUT2D eigenvalue weighted by Gasteiger charge is 2.26. The molecular weight excluding hydrogens is 324 g/mol. The van der Waals surface area contributed by atoms with Crippen LogP contribution in [0.15, 0.2) is 28.8 Å². The zero-order valence-corrected chi connectivity index (χ0v) is 14.2. The minimum absolute atomic E-state index is 0.0360. The van der Waals surface area contributed by atoms with Gasteiger partial charge in [-0.25, -0.2) is 4.79 Å². The molecule has 1 aromatic carbocycles. The van der Waals surface area contributed by atoms with Crippen molar-refractivity contribution in [3.63, 3.8) is 0 Å². The highest BCUT2D eigenvalue weighted by atomic mass is 16.5. The number of carbonyl (C=O) groups excluding carboxylic acids is 2. The molecule has 0 spiro atoms. The fourth-order valence-electron chi connectivity index (χ4n) is 2.78. The molecule has 3 amide bonds. The lowest BCUT2D eigenvalue weighted by Crippen LogP contribution is -2.51. The van der Waals surface area contributed by atoms with E-state index in [2.05, 4.69) is 10.5 Å². The molecule has 25 heavy (non-hydrogen) atoms. The summed E-state index contributed by atoms with van der Waals surface area (Å²) in [5.74, 6) is 0.286. The molecule has 0 saturated carbocycles. The van der Waals surface area contributed by atoms with E-state index >= 15 is 0 Å². The van der Waals surface area contributed by atoms with E-state index in [4.69, 9.17) is 4.52 Å². The van der Waals surface area contributed by atoms with Crippen molar-refractivity contribution in [2.75, 3.05) is 31.5 Å². The van der Waals surface area contributed by atoms with Crippen molar-refractivity contribution < 1.29 is 19.2 Å². The SMILES string of the molecule is Cc1noc(C)c1NC(=O)N1CCN(C(=O)c2ccccc2O)CC1. The number of rotatable bonds is 2. The summed E-state index contributed by atoms with van der Waals surface area (Å²) in [6.45, 7) is 5.13. The largest absolute Gasteiger partial charge is 0.507 e. The number of benzene rings is 1. The van der Waals surface area contributed by atoms with Gasteiger partial charge >= 0.3 is 6.03 Å². The Labute approximate surface area is 145 Å². The molecule has 8 heteroatoms. The number of nitrogens with zero attached hydrogens (tertiary/aromatic N) is 3. The van der Waals surface area contributed by atoms with E-state index in [0.717, 1.165) is 0 Å². The zero-order valence-electron chi connectivity index (χ0n) is 14.2. The maximum absolute atomic E-state index is 12.5. The number of nitrogens with one attached hydrogen (secondary N) is 1. The summed E-state index contributed by atoms with van der Waals surface area (Å²) in [6, 6.07) is 6.21. The number of phenolic OH excluding ortho intramolecular Hbond substituents is 1. The molecule has 0 atom stereocenters. The lowest BCUT2D eigenvalue weighted by Gasteiger charge is -2.34. The molecule has 132 valence electrons. The van der Waals surface area contributed by atoms with Gasteiger partial charge in [-0.1, -0.05) is 17.3 Å². The van der Waals surface area contributed by atoms with Gasteiger partial charge in [-0.05, 0) is 26.0 Å². The van der Waals surface area contributed by atoms with Crippen molar-refractivity contribution in [3.8, 4) is 5.75 Å². The molecule has 1 aromatic heterocycles. The molecule has 1 fully saturated rings. The van der Waals surface area contributed by atoms with Crippen molar-refractivity contribution >= 4 is 17.6 Å². The molecular formula is C17H20N4O4. The first-order valence-corrected chi connectivity index (χ1v) is 8.03. The summed E-state index contributed by atoms with van der Waals surface area (Å²) in [5.41, 5.74) is 1.48. The lowest BCUT2D eigenvalue weighted by molar-refractivity contribution is 0.0668. The number of hydrogen-bond acceptors (Lipinski definition) is 5. The smallest absolute Gasteiger partial charge is 0.322 e. The number of para-hydroxylation sites is 1. The molecule has 3 rings (SSSR count). The Kier molecular flexibility index (Phi) is 4.60. The van der Waals surface area contributed by atoms with Crippen molar-refractivity contribution in [1.29, 1.82) is 0 Å². The van der Waals surface area contributed by atoms with Crippen LogP contribution >= 0.6 is 0 Å². The molecule has 0 aliphatic carbocycles. The monoisotopic (exact) mass is 344 g/mol. The number of anilines is 1. The van der Waals surface area contributed by atoms with Crippen LogP contribution < -0.4 is 5.32 Å². The third-order valence-electron chi connectivity index (χ3n) is 4.25. The van der Waals surface area contributed by atoms with E-state index in [9.17, 15) is 14.7 Å². The first-order chi connectivity index (χ1) is 12.0. The normalized spacial score (nSPS) is 14.5. The Bertz CT molecular complexity index is 774. The maximum atomic E-state index is 12.5. The number of aryl methyl sites for hydroxylation is 2. The quantitative estimate of drug-likeness (QED) is 0.868. The summed E-state index contributed by atoms with van der Waals surface area (Å²) in [7, 11) is 0. The summed E-state index contributed by atoms with van der Waals surface area (Å²) in [4.78, 5) is 28.1. The molecule has 0 bridgehead atoms. The number of amides is 3. The molecule has 2 heterocycles. The van der Waals surface area contributed by atoms with E-state index in [-0.39, 0.29) is 23.3 Å². The number of aromatic nitrogens is 1. The molecule has 2 aromatic rings. The first-order valence-electron chi connectivity index (χ1n) is 8.03. The first kappa shape index (κ1) is 16.8. The fourth-order valence-corrected chi connectivity index (χ4v) is 2.78. The van der Waals surface area contributed by atoms with E-state index in [1.165, 1.54) is 6.07 Å². The average molecular weight is 344 g/mol. The van der Waals surface area contributed by atoms with E-state index in [0.29, 0.717) is 43.3 Å². The van der Waals surface area contributed by atoms with Crippen molar-refractivity contribution in [2.45, 2.75) is 13.8 Å². The topological polar surface area (TPSA) is 98.9 Å². The van der Waals surface area contributed by atoms with E-state index in [1.807, 2.05) is 0 Å². The van der Waals surface area contributed by atoms with Crippen molar-refractivity contribution in [1.82, 2.24) is 15.0 Å². The summed E-state index contributed by atoms with van der Waals surface area (Å²) >= 11 is 0. The Hall–Kier alpha value is -3.03. The second-order valence-electron chi connectivity index (χ2n) is 5.93. The highest BCUT2D eigenvalue weighted by Crippen LogP contribution is 2.21. The van der Waals surface area contributed by atoms with Gasteiger partial charge in [0.2, 0.25) is 0 Å². The molecule has 1 aliphatic heterocycles. The van der Waals surface area contributed by atoms with Crippen LogP contribution in [0, 0.1) is 13.8 Å². The van der Waals surface area contributed by atoms with Gasteiger partial charge < -0.3 is 24.7 Å². The van der Waals surface area contributed by atoms with Crippen molar-refractivity contribution in [3.05, 3.63) is 41.3 Å². The van der Waals surface area contributed by atoms with Crippen LogP contribution in [0.25, 0.3) is 0 Å². The van der Waals surface area contributed by atoms with Gasteiger partial charge in [0.25, 0.3) is 5.91 Å². The number of aromatic hydroxyl groups is 1. The van der Waals surface area contributed by atoms with Gasteiger partial charge in [0.15, 0.2) is 5.76 Å². The Morgan fingerprint density at radius 2 is 1.76 bits per heavy atom. The zero-order chi connectivity index (χ0) is 18.0. The summed E-state index contributed by atoms with van der Waals surface area (Å²) in [5, 5.41) is 16.4. The van der Waals surface area contributed by atoms with Gasteiger partial charge in [-0.15, -0.1) is 0 Å². The van der Waals surface area contributed by atoms with Gasteiger partial charge in [-0.2, -0.15) is 0 Å². The van der Waals surface area contributed by atoms with Gasteiger partial charge in [0, 0.05) is 26.2 Å². The van der Waals surface area contributed by atoms with Crippen LogP contribution in [0.1, 0.15) is 21.8 Å². The number of piperazine rings is 1. The third kappa shape index (κ3) is 3.42. The van der Waals surface area contributed by atoms with Gasteiger partial charge in [0.1, 0.15) is 17.1 Å². The molecule has 0 radical (unpaired) electrons. The third-order valence-corrected chi connectivity index (χ3v) is 4.25. The highest BCUT2D eigenvalue weighted by molar-refractivity contribution is 5.97. The van der Waals surface area contributed by atoms with Crippen LogP contribution in [-0.4, -0.2) is 58.2 Å². The maximum Gasteiger partial charge on any atom is 0.322 e.